The topological polar surface area (TPSA) is 75.5 Å². The SMILES string of the molecule is Cc1c(Br)cc(C(=O)N2CCNCC2)cc1[N+](=O)[O-].Cl. The molecular formula is C12H15BrClN3O3. The predicted octanol–water partition coefficient (Wildman–Crippen LogP) is 2.13. The van der Waals surface area contributed by atoms with E-state index in [1.807, 2.05) is 0 Å². The van der Waals surface area contributed by atoms with Crippen LogP contribution in [0.5, 0.6) is 0 Å². The third kappa shape index (κ3) is 3.47. The summed E-state index contributed by atoms with van der Waals surface area (Å²) in [7, 11) is 0. The van der Waals surface area contributed by atoms with Crippen molar-refractivity contribution in [1.82, 2.24) is 10.2 Å². The van der Waals surface area contributed by atoms with Gasteiger partial charge in [-0.2, -0.15) is 0 Å². The molecule has 1 aliphatic heterocycles. The van der Waals surface area contributed by atoms with Crippen LogP contribution in [0.25, 0.3) is 0 Å². The molecule has 0 saturated carbocycles. The third-order valence-electron chi connectivity index (χ3n) is 3.16. The van der Waals surface area contributed by atoms with Crippen molar-refractivity contribution in [1.29, 1.82) is 0 Å². The summed E-state index contributed by atoms with van der Waals surface area (Å²) in [5.41, 5.74) is 0.848. The number of nitro benzene ring substituents is 1. The van der Waals surface area contributed by atoms with E-state index in [0.29, 0.717) is 28.7 Å². The van der Waals surface area contributed by atoms with Crippen molar-refractivity contribution in [2.45, 2.75) is 6.92 Å². The Morgan fingerprint density at radius 2 is 2.00 bits per heavy atom. The highest BCUT2D eigenvalue weighted by Crippen LogP contribution is 2.28. The van der Waals surface area contributed by atoms with E-state index in [1.54, 1.807) is 17.9 Å². The summed E-state index contributed by atoms with van der Waals surface area (Å²) in [6.45, 7) is 4.40. The second-order valence-corrected chi connectivity index (χ2v) is 5.26. The molecule has 20 heavy (non-hydrogen) atoms. The number of nitro groups is 1. The van der Waals surface area contributed by atoms with Crippen LogP contribution in [-0.4, -0.2) is 41.9 Å². The van der Waals surface area contributed by atoms with E-state index in [2.05, 4.69) is 21.2 Å². The molecule has 0 aromatic heterocycles. The Kier molecular flexibility index (Phi) is 5.91. The molecule has 110 valence electrons. The average Bonchev–Trinajstić information content (AvgIpc) is 2.41. The maximum atomic E-state index is 12.3. The Bertz CT molecular complexity index is 533. The van der Waals surface area contributed by atoms with E-state index in [4.69, 9.17) is 0 Å². The van der Waals surface area contributed by atoms with Crippen molar-refractivity contribution in [2.75, 3.05) is 26.2 Å². The molecule has 1 aromatic carbocycles. The first-order valence-corrected chi connectivity index (χ1v) is 6.74. The highest BCUT2D eigenvalue weighted by Gasteiger charge is 2.22. The van der Waals surface area contributed by atoms with Crippen LogP contribution in [0.1, 0.15) is 15.9 Å². The fourth-order valence-corrected chi connectivity index (χ4v) is 2.48. The molecule has 6 nitrogen and oxygen atoms in total. The van der Waals surface area contributed by atoms with Gasteiger partial charge in [-0.15, -0.1) is 12.4 Å². The third-order valence-corrected chi connectivity index (χ3v) is 3.99. The number of halogens is 2. The summed E-state index contributed by atoms with van der Waals surface area (Å²) < 4.78 is 0.584. The molecule has 0 unspecified atom stereocenters. The zero-order valence-electron chi connectivity index (χ0n) is 10.9. The van der Waals surface area contributed by atoms with Gasteiger partial charge in [0.1, 0.15) is 0 Å². The molecule has 2 rings (SSSR count). The van der Waals surface area contributed by atoms with Gasteiger partial charge in [-0.25, -0.2) is 0 Å². The maximum absolute atomic E-state index is 12.3. The molecule has 8 heteroatoms. The number of nitrogens with one attached hydrogen (secondary N) is 1. The van der Waals surface area contributed by atoms with E-state index < -0.39 is 4.92 Å². The van der Waals surface area contributed by atoms with Gasteiger partial charge in [0.15, 0.2) is 0 Å². The standard InChI is InChI=1S/C12H14BrN3O3.ClH/c1-8-10(13)6-9(7-11(8)16(18)19)12(17)15-4-2-14-3-5-15;/h6-7,14H,2-5H2,1H3;1H. The maximum Gasteiger partial charge on any atom is 0.274 e. The van der Waals surface area contributed by atoms with E-state index in [9.17, 15) is 14.9 Å². The summed E-state index contributed by atoms with van der Waals surface area (Å²) in [5, 5.41) is 14.1. The molecule has 1 saturated heterocycles. The van der Waals surface area contributed by atoms with Crippen molar-refractivity contribution in [3.05, 3.63) is 37.8 Å². The second-order valence-electron chi connectivity index (χ2n) is 4.40. The van der Waals surface area contributed by atoms with Gasteiger partial charge < -0.3 is 10.2 Å². The average molecular weight is 365 g/mol. The van der Waals surface area contributed by atoms with Crippen LogP contribution in [0, 0.1) is 17.0 Å². The van der Waals surface area contributed by atoms with Crippen LogP contribution in [0.2, 0.25) is 0 Å². The quantitative estimate of drug-likeness (QED) is 0.644. The number of hydrogen-bond acceptors (Lipinski definition) is 4. The number of nitrogens with zero attached hydrogens (tertiary/aromatic N) is 2. The smallest absolute Gasteiger partial charge is 0.274 e. The van der Waals surface area contributed by atoms with Crippen molar-refractivity contribution >= 4 is 39.9 Å². The van der Waals surface area contributed by atoms with Gasteiger partial charge in [-0.1, -0.05) is 15.9 Å². The van der Waals surface area contributed by atoms with Gasteiger partial charge in [-0.05, 0) is 13.0 Å². The van der Waals surface area contributed by atoms with Crippen LogP contribution in [0.4, 0.5) is 5.69 Å². The lowest BCUT2D eigenvalue weighted by atomic mass is 10.1. The highest BCUT2D eigenvalue weighted by atomic mass is 79.9. The number of benzene rings is 1. The monoisotopic (exact) mass is 363 g/mol. The van der Waals surface area contributed by atoms with Gasteiger partial charge in [0.25, 0.3) is 11.6 Å². The molecule has 1 fully saturated rings. The Labute approximate surface area is 131 Å². The first kappa shape index (κ1) is 16.9. The Hall–Kier alpha value is -1.18. The largest absolute Gasteiger partial charge is 0.336 e. The molecule has 0 radical (unpaired) electrons. The molecule has 1 aliphatic rings. The normalized spacial score (nSPS) is 14.6. The summed E-state index contributed by atoms with van der Waals surface area (Å²) in [4.78, 5) is 24.5. The van der Waals surface area contributed by atoms with Gasteiger partial charge in [0.2, 0.25) is 0 Å². The van der Waals surface area contributed by atoms with Gasteiger partial charge in [-0.3, -0.25) is 14.9 Å². The molecule has 0 atom stereocenters. The van der Waals surface area contributed by atoms with E-state index in [1.165, 1.54) is 6.07 Å². The molecule has 1 amide bonds. The fourth-order valence-electron chi connectivity index (χ4n) is 2.03. The lowest BCUT2D eigenvalue weighted by Crippen LogP contribution is -2.46. The molecule has 0 aliphatic carbocycles. The van der Waals surface area contributed by atoms with Gasteiger partial charge in [0, 0.05) is 47.8 Å². The number of rotatable bonds is 2. The Balaban J connectivity index is 0.00000200. The molecule has 1 aromatic rings. The van der Waals surface area contributed by atoms with Crippen LogP contribution >= 0.6 is 28.3 Å². The van der Waals surface area contributed by atoms with Crippen molar-refractivity contribution in [3.8, 4) is 0 Å². The van der Waals surface area contributed by atoms with Gasteiger partial charge >= 0.3 is 0 Å². The van der Waals surface area contributed by atoms with Crippen LogP contribution in [0.15, 0.2) is 16.6 Å². The fraction of sp³-hybridized carbons (Fsp3) is 0.417. The molecule has 1 N–H and O–H groups in total. The van der Waals surface area contributed by atoms with Crippen LogP contribution in [-0.2, 0) is 0 Å². The first-order chi connectivity index (χ1) is 9.00. The minimum absolute atomic E-state index is 0. The van der Waals surface area contributed by atoms with Gasteiger partial charge in [0.05, 0.1) is 4.92 Å². The zero-order valence-corrected chi connectivity index (χ0v) is 13.3. The van der Waals surface area contributed by atoms with E-state index in [0.717, 1.165) is 13.1 Å². The lowest BCUT2D eigenvalue weighted by Gasteiger charge is -2.27. The van der Waals surface area contributed by atoms with Crippen LogP contribution in [0.3, 0.4) is 0 Å². The van der Waals surface area contributed by atoms with E-state index >= 15 is 0 Å². The Morgan fingerprint density at radius 3 is 2.55 bits per heavy atom. The Morgan fingerprint density at radius 1 is 1.40 bits per heavy atom. The number of piperazine rings is 1. The molecule has 1 heterocycles. The molecule has 0 spiro atoms. The minimum atomic E-state index is -0.464. The van der Waals surface area contributed by atoms with Crippen molar-refractivity contribution in [2.24, 2.45) is 0 Å². The zero-order chi connectivity index (χ0) is 14.0. The number of amides is 1. The van der Waals surface area contributed by atoms with Crippen molar-refractivity contribution < 1.29 is 9.72 Å². The summed E-state index contributed by atoms with van der Waals surface area (Å²) in [5.74, 6) is -0.162. The minimum Gasteiger partial charge on any atom is -0.336 e. The molecular weight excluding hydrogens is 350 g/mol. The number of hydrogen-bond donors (Lipinski definition) is 1. The number of carbonyl (C=O) groups is 1. The number of carbonyl (C=O) groups excluding carboxylic acids is 1. The van der Waals surface area contributed by atoms with Crippen molar-refractivity contribution in [3.63, 3.8) is 0 Å². The summed E-state index contributed by atoms with van der Waals surface area (Å²) >= 11 is 3.27. The summed E-state index contributed by atoms with van der Waals surface area (Å²) in [6.07, 6.45) is 0. The van der Waals surface area contributed by atoms with E-state index in [-0.39, 0.29) is 24.0 Å². The highest BCUT2D eigenvalue weighted by molar-refractivity contribution is 9.10. The summed E-state index contributed by atoms with van der Waals surface area (Å²) in [6, 6.07) is 3.00. The lowest BCUT2D eigenvalue weighted by molar-refractivity contribution is -0.385. The first-order valence-electron chi connectivity index (χ1n) is 5.95. The predicted molar refractivity (Wildman–Crippen MR) is 81.6 cm³/mol. The van der Waals surface area contributed by atoms with Crippen LogP contribution < -0.4 is 5.32 Å². The molecule has 0 bridgehead atoms. The second kappa shape index (κ2) is 7.01.